The van der Waals surface area contributed by atoms with Crippen molar-refractivity contribution in [1.82, 2.24) is 0 Å². The molecule has 72 valence electrons. The van der Waals surface area contributed by atoms with Crippen LogP contribution in [0.2, 0.25) is 0 Å². The van der Waals surface area contributed by atoms with Gasteiger partial charge in [-0.05, 0) is 12.1 Å². The zero-order chi connectivity index (χ0) is 10.7. The number of Topliss-reactive ketones (excluding diaryl/α,β-unsaturated/α-hetero) is 1. The van der Waals surface area contributed by atoms with Crippen molar-refractivity contribution < 1.29 is 14.3 Å². The molecule has 3 nitrogen and oxygen atoms in total. The fraction of sp³-hybridized carbons (Fsp3) is 0.111. The highest BCUT2D eigenvalue weighted by Crippen LogP contribution is 2.23. The molecular formula is C9H5ClFNO2. The molecule has 0 aliphatic carbocycles. The average Bonchev–Trinajstić information content (AvgIpc) is 2.20. The van der Waals surface area contributed by atoms with E-state index in [-0.39, 0.29) is 17.0 Å². The molecule has 0 atom stereocenters. The second-order valence-electron chi connectivity index (χ2n) is 2.52. The minimum atomic E-state index is -1.00. The number of halogens is 2. The zero-order valence-electron chi connectivity index (χ0n) is 6.92. The molecule has 0 heterocycles. The molecule has 0 amide bonds. The van der Waals surface area contributed by atoms with Gasteiger partial charge in [0.15, 0.2) is 17.3 Å². The molecular weight excluding hydrogens is 209 g/mol. The molecule has 5 heteroatoms. The standard InChI is InChI=1S/C9H5ClFNO2/c10-3-8(13)6-1-5(4-12)2-7(11)9(6)14/h1-2,14H,3H2. The first kappa shape index (κ1) is 10.5. The molecule has 0 aromatic heterocycles. The van der Waals surface area contributed by atoms with E-state index < -0.39 is 17.3 Å². The lowest BCUT2D eigenvalue weighted by Crippen LogP contribution is -2.02. The number of carbonyl (C=O) groups is 1. The van der Waals surface area contributed by atoms with Gasteiger partial charge in [0.2, 0.25) is 0 Å². The van der Waals surface area contributed by atoms with Crippen LogP contribution in [0.3, 0.4) is 0 Å². The summed E-state index contributed by atoms with van der Waals surface area (Å²) in [5.74, 6) is -2.77. The number of carbonyl (C=O) groups excluding carboxylic acids is 1. The molecule has 0 saturated carbocycles. The number of phenols is 1. The smallest absolute Gasteiger partial charge is 0.181 e. The molecule has 0 spiro atoms. The van der Waals surface area contributed by atoms with Crippen molar-refractivity contribution in [2.24, 2.45) is 0 Å². The lowest BCUT2D eigenvalue weighted by molar-refractivity contribution is 0.101. The van der Waals surface area contributed by atoms with E-state index in [0.29, 0.717) is 0 Å². The Morgan fingerprint density at radius 2 is 2.29 bits per heavy atom. The molecule has 14 heavy (non-hydrogen) atoms. The molecule has 0 aliphatic rings. The molecule has 0 aliphatic heterocycles. The molecule has 0 unspecified atom stereocenters. The summed E-state index contributed by atoms with van der Waals surface area (Å²) < 4.78 is 12.9. The van der Waals surface area contributed by atoms with E-state index in [1.54, 1.807) is 6.07 Å². The molecule has 1 aromatic carbocycles. The monoisotopic (exact) mass is 213 g/mol. The average molecular weight is 214 g/mol. The maximum atomic E-state index is 12.9. The van der Waals surface area contributed by atoms with Crippen LogP contribution in [0, 0.1) is 17.1 Å². The Morgan fingerprint density at radius 3 is 2.79 bits per heavy atom. The van der Waals surface area contributed by atoms with E-state index in [0.717, 1.165) is 12.1 Å². The van der Waals surface area contributed by atoms with E-state index in [9.17, 15) is 9.18 Å². The van der Waals surface area contributed by atoms with Crippen LogP contribution in [0.15, 0.2) is 12.1 Å². The second kappa shape index (κ2) is 4.07. The number of rotatable bonds is 2. The topological polar surface area (TPSA) is 61.1 Å². The van der Waals surface area contributed by atoms with Gasteiger partial charge in [0.1, 0.15) is 0 Å². The third-order valence-corrected chi connectivity index (χ3v) is 1.86. The van der Waals surface area contributed by atoms with Crippen molar-refractivity contribution in [2.75, 3.05) is 5.88 Å². The summed E-state index contributed by atoms with van der Waals surface area (Å²) in [4.78, 5) is 11.1. The number of ketones is 1. The van der Waals surface area contributed by atoms with Gasteiger partial charge in [-0.15, -0.1) is 11.6 Å². The highest BCUT2D eigenvalue weighted by atomic mass is 35.5. The van der Waals surface area contributed by atoms with E-state index in [2.05, 4.69) is 0 Å². The molecule has 1 N–H and O–H groups in total. The van der Waals surface area contributed by atoms with Gasteiger partial charge in [-0.25, -0.2) is 4.39 Å². The lowest BCUT2D eigenvalue weighted by atomic mass is 10.1. The number of benzene rings is 1. The molecule has 0 fully saturated rings. The number of hydrogen-bond acceptors (Lipinski definition) is 3. The van der Waals surface area contributed by atoms with E-state index >= 15 is 0 Å². The van der Waals surface area contributed by atoms with Crippen molar-refractivity contribution in [3.8, 4) is 11.8 Å². The molecule has 0 radical (unpaired) electrons. The number of hydrogen-bond donors (Lipinski definition) is 1. The fourth-order valence-corrected chi connectivity index (χ4v) is 1.09. The van der Waals surface area contributed by atoms with Crippen LogP contribution in [0.1, 0.15) is 15.9 Å². The Bertz CT molecular complexity index is 426. The Kier molecular flexibility index (Phi) is 3.05. The zero-order valence-corrected chi connectivity index (χ0v) is 7.68. The minimum absolute atomic E-state index is 0.0335. The lowest BCUT2D eigenvalue weighted by Gasteiger charge is -2.02. The summed E-state index contributed by atoms with van der Waals surface area (Å²) >= 11 is 5.24. The fourth-order valence-electron chi connectivity index (χ4n) is 0.948. The Labute approximate surface area is 84.3 Å². The van der Waals surface area contributed by atoms with Crippen LogP contribution < -0.4 is 0 Å². The first-order valence-corrected chi connectivity index (χ1v) is 4.15. The van der Waals surface area contributed by atoms with Crippen molar-refractivity contribution in [3.63, 3.8) is 0 Å². The van der Waals surface area contributed by atoms with Gasteiger partial charge in [-0.1, -0.05) is 0 Å². The van der Waals surface area contributed by atoms with E-state index in [1.165, 1.54) is 0 Å². The number of nitrogens with zero attached hydrogens (tertiary/aromatic N) is 1. The Balaban J connectivity index is 3.36. The molecule has 0 bridgehead atoms. The van der Waals surface area contributed by atoms with Gasteiger partial charge in [0.05, 0.1) is 23.1 Å². The van der Waals surface area contributed by atoms with Gasteiger partial charge >= 0.3 is 0 Å². The highest BCUT2D eigenvalue weighted by Gasteiger charge is 2.15. The third-order valence-electron chi connectivity index (χ3n) is 1.61. The number of aromatic hydroxyl groups is 1. The maximum absolute atomic E-state index is 12.9. The maximum Gasteiger partial charge on any atom is 0.181 e. The van der Waals surface area contributed by atoms with Gasteiger partial charge in [0.25, 0.3) is 0 Å². The summed E-state index contributed by atoms with van der Waals surface area (Å²) in [7, 11) is 0. The first-order valence-electron chi connectivity index (χ1n) is 3.62. The SMILES string of the molecule is N#Cc1cc(F)c(O)c(C(=O)CCl)c1. The van der Waals surface area contributed by atoms with Crippen LogP contribution in [-0.2, 0) is 0 Å². The van der Waals surface area contributed by atoms with Crippen LogP contribution in [0.4, 0.5) is 4.39 Å². The summed E-state index contributed by atoms with van der Waals surface area (Å²) in [5, 5.41) is 17.6. The predicted molar refractivity (Wildman–Crippen MR) is 47.8 cm³/mol. The van der Waals surface area contributed by atoms with Gasteiger partial charge in [-0.2, -0.15) is 5.26 Å². The van der Waals surface area contributed by atoms with Crippen molar-refractivity contribution >= 4 is 17.4 Å². The summed E-state index contributed by atoms with van der Waals surface area (Å²) in [5.41, 5.74) is -0.301. The third kappa shape index (κ3) is 1.83. The van der Waals surface area contributed by atoms with Crippen LogP contribution in [-0.4, -0.2) is 16.8 Å². The largest absolute Gasteiger partial charge is 0.504 e. The minimum Gasteiger partial charge on any atom is -0.504 e. The van der Waals surface area contributed by atoms with E-state index in [4.69, 9.17) is 22.0 Å². The van der Waals surface area contributed by atoms with Gasteiger partial charge in [0, 0.05) is 0 Å². The predicted octanol–water partition coefficient (Wildman–Crippen LogP) is 1.82. The van der Waals surface area contributed by atoms with Crippen LogP contribution >= 0.6 is 11.6 Å². The Hall–Kier alpha value is -1.60. The van der Waals surface area contributed by atoms with E-state index in [1.807, 2.05) is 0 Å². The number of nitriles is 1. The van der Waals surface area contributed by atoms with Crippen molar-refractivity contribution in [1.29, 1.82) is 5.26 Å². The number of alkyl halides is 1. The second-order valence-corrected chi connectivity index (χ2v) is 2.79. The number of phenolic OH excluding ortho intramolecular Hbond substituents is 1. The Morgan fingerprint density at radius 1 is 1.64 bits per heavy atom. The summed E-state index contributed by atoms with van der Waals surface area (Å²) in [6, 6.07) is 3.62. The van der Waals surface area contributed by atoms with Crippen molar-refractivity contribution in [2.45, 2.75) is 0 Å². The molecule has 0 saturated heterocycles. The summed E-state index contributed by atoms with van der Waals surface area (Å²) in [6.07, 6.45) is 0. The van der Waals surface area contributed by atoms with Crippen molar-refractivity contribution in [3.05, 3.63) is 29.1 Å². The molecule has 1 rings (SSSR count). The van der Waals surface area contributed by atoms with Gasteiger partial charge in [-0.3, -0.25) is 4.79 Å². The quantitative estimate of drug-likeness (QED) is 0.602. The highest BCUT2D eigenvalue weighted by molar-refractivity contribution is 6.30. The van der Waals surface area contributed by atoms with Crippen LogP contribution in [0.25, 0.3) is 0 Å². The summed E-state index contributed by atoms with van der Waals surface area (Å²) in [6.45, 7) is 0. The van der Waals surface area contributed by atoms with Gasteiger partial charge < -0.3 is 5.11 Å². The normalized spacial score (nSPS) is 9.50. The van der Waals surface area contributed by atoms with Crippen LogP contribution in [0.5, 0.6) is 5.75 Å². The first-order chi connectivity index (χ1) is 6.60. The molecule has 1 aromatic rings.